The van der Waals surface area contributed by atoms with Crippen molar-refractivity contribution in [3.8, 4) is 0 Å². The molecule has 6 amide bonds. The van der Waals surface area contributed by atoms with E-state index in [4.69, 9.17) is 0 Å². The Morgan fingerprint density at radius 3 is 2.48 bits per heavy atom. The third-order valence-corrected chi connectivity index (χ3v) is 3.35. The minimum atomic E-state index is -0.991. The SMILES string of the molecule is CNC(=O)NC(=O)CN1C(=O)N[C@@](C)(CCC(C)C)C1=O. The van der Waals surface area contributed by atoms with Crippen LogP contribution < -0.4 is 16.0 Å². The Hall–Kier alpha value is -2.12. The predicted octanol–water partition coefficient (Wildman–Crippen LogP) is 0.189. The topological polar surface area (TPSA) is 108 Å². The highest BCUT2D eigenvalue weighted by Crippen LogP contribution is 2.24. The molecule has 118 valence electrons. The first-order valence-electron chi connectivity index (χ1n) is 6.85. The lowest BCUT2D eigenvalue weighted by molar-refractivity contribution is -0.134. The number of hydrogen-bond donors (Lipinski definition) is 3. The number of nitrogens with one attached hydrogen (secondary N) is 3. The van der Waals surface area contributed by atoms with Crippen molar-refractivity contribution < 1.29 is 19.2 Å². The highest BCUT2D eigenvalue weighted by Gasteiger charge is 2.47. The second-order valence-corrected chi connectivity index (χ2v) is 5.71. The highest BCUT2D eigenvalue weighted by molar-refractivity contribution is 6.09. The van der Waals surface area contributed by atoms with Crippen molar-refractivity contribution in [2.75, 3.05) is 13.6 Å². The van der Waals surface area contributed by atoms with Crippen molar-refractivity contribution in [3.63, 3.8) is 0 Å². The van der Waals surface area contributed by atoms with Crippen LogP contribution >= 0.6 is 0 Å². The van der Waals surface area contributed by atoms with Crippen LogP contribution in [0.5, 0.6) is 0 Å². The average Bonchev–Trinajstić information content (AvgIpc) is 2.60. The Labute approximate surface area is 123 Å². The molecule has 0 aromatic rings. The van der Waals surface area contributed by atoms with Crippen LogP contribution in [-0.4, -0.2) is 47.9 Å². The van der Waals surface area contributed by atoms with Gasteiger partial charge in [-0.05, 0) is 25.7 Å². The molecule has 1 atom stereocenters. The number of urea groups is 2. The lowest BCUT2D eigenvalue weighted by Crippen LogP contribution is -2.47. The molecule has 0 aromatic heterocycles. The van der Waals surface area contributed by atoms with E-state index in [0.29, 0.717) is 12.3 Å². The van der Waals surface area contributed by atoms with Crippen molar-refractivity contribution in [2.45, 2.75) is 39.2 Å². The summed E-state index contributed by atoms with van der Waals surface area (Å²) in [6.07, 6.45) is 1.28. The molecule has 0 spiro atoms. The van der Waals surface area contributed by atoms with Gasteiger partial charge in [0, 0.05) is 7.05 Å². The van der Waals surface area contributed by atoms with Crippen LogP contribution in [0.25, 0.3) is 0 Å². The van der Waals surface area contributed by atoms with Crippen LogP contribution in [-0.2, 0) is 9.59 Å². The van der Waals surface area contributed by atoms with Gasteiger partial charge in [0.15, 0.2) is 0 Å². The number of amides is 6. The molecule has 3 N–H and O–H groups in total. The standard InChI is InChI=1S/C13H22N4O4/c1-8(2)5-6-13(3)10(19)17(12(21)16-13)7-9(18)15-11(20)14-4/h8H,5-7H2,1-4H3,(H,16,21)(H2,14,15,18,20)/t13-/m0/s1. The Morgan fingerprint density at radius 2 is 1.95 bits per heavy atom. The summed E-state index contributed by atoms with van der Waals surface area (Å²) >= 11 is 0. The van der Waals surface area contributed by atoms with Gasteiger partial charge in [-0.25, -0.2) is 9.59 Å². The quantitative estimate of drug-likeness (QED) is 0.630. The molecule has 1 fully saturated rings. The van der Waals surface area contributed by atoms with Crippen LogP contribution in [0.1, 0.15) is 33.6 Å². The fourth-order valence-corrected chi connectivity index (χ4v) is 2.01. The first kappa shape index (κ1) is 16.9. The van der Waals surface area contributed by atoms with Crippen molar-refractivity contribution in [1.29, 1.82) is 0 Å². The minimum absolute atomic E-state index is 0.400. The Morgan fingerprint density at radius 1 is 1.33 bits per heavy atom. The molecule has 0 saturated carbocycles. The summed E-state index contributed by atoms with van der Waals surface area (Å²) in [4.78, 5) is 47.6. The molecular weight excluding hydrogens is 276 g/mol. The smallest absolute Gasteiger partial charge is 0.325 e. The third-order valence-electron chi connectivity index (χ3n) is 3.35. The molecule has 0 bridgehead atoms. The van der Waals surface area contributed by atoms with Crippen LogP contribution in [0.2, 0.25) is 0 Å². The highest BCUT2D eigenvalue weighted by atomic mass is 16.2. The van der Waals surface area contributed by atoms with Gasteiger partial charge in [-0.15, -0.1) is 0 Å². The van der Waals surface area contributed by atoms with Gasteiger partial charge in [0.1, 0.15) is 12.1 Å². The van der Waals surface area contributed by atoms with E-state index in [1.54, 1.807) is 6.92 Å². The number of hydrogen-bond acceptors (Lipinski definition) is 4. The molecule has 1 aliphatic heterocycles. The van der Waals surface area contributed by atoms with Crippen molar-refractivity contribution in [2.24, 2.45) is 5.92 Å². The molecular formula is C13H22N4O4. The van der Waals surface area contributed by atoms with Gasteiger partial charge in [-0.2, -0.15) is 0 Å². The van der Waals surface area contributed by atoms with Crippen LogP contribution in [0, 0.1) is 5.92 Å². The molecule has 0 aliphatic carbocycles. The molecule has 21 heavy (non-hydrogen) atoms. The van der Waals surface area contributed by atoms with Gasteiger partial charge in [0.25, 0.3) is 5.91 Å². The summed E-state index contributed by atoms with van der Waals surface area (Å²) in [5, 5.41) is 6.84. The average molecular weight is 298 g/mol. The number of nitrogens with zero attached hydrogens (tertiary/aromatic N) is 1. The summed E-state index contributed by atoms with van der Waals surface area (Å²) in [6.45, 7) is 5.22. The van der Waals surface area contributed by atoms with E-state index in [1.165, 1.54) is 7.05 Å². The first-order chi connectivity index (χ1) is 9.69. The van der Waals surface area contributed by atoms with Gasteiger partial charge in [0.05, 0.1) is 0 Å². The molecule has 8 heteroatoms. The molecule has 0 radical (unpaired) electrons. The normalized spacial score (nSPS) is 21.5. The van der Waals surface area contributed by atoms with E-state index in [2.05, 4.69) is 10.6 Å². The maximum atomic E-state index is 12.3. The number of carbonyl (C=O) groups is 4. The van der Waals surface area contributed by atoms with E-state index in [1.807, 2.05) is 19.2 Å². The number of imide groups is 2. The fraction of sp³-hybridized carbons (Fsp3) is 0.692. The van der Waals surface area contributed by atoms with Crippen molar-refractivity contribution in [1.82, 2.24) is 20.9 Å². The van der Waals surface area contributed by atoms with Crippen LogP contribution in [0.4, 0.5) is 9.59 Å². The van der Waals surface area contributed by atoms with E-state index < -0.39 is 36.0 Å². The Balaban J connectivity index is 2.68. The minimum Gasteiger partial charge on any atom is -0.341 e. The second-order valence-electron chi connectivity index (χ2n) is 5.71. The molecule has 1 aliphatic rings. The summed E-state index contributed by atoms with van der Waals surface area (Å²) in [7, 11) is 1.36. The Kier molecular flexibility index (Phi) is 5.28. The zero-order valence-electron chi connectivity index (χ0n) is 12.8. The molecule has 0 unspecified atom stereocenters. The molecule has 8 nitrogen and oxygen atoms in total. The summed E-state index contributed by atoms with van der Waals surface area (Å²) in [6, 6.07) is -1.30. The van der Waals surface area contributed by atoms with Gasteiger partial charge >= 0.3 is 12.1 Å². The number of carbonyl (C=O) groups excluding carboxylic acids is 4. The van der Waals surface area contributed by atoms with Crippen LogP contribution in [0.3, 0.4) is 0 Å². The molecule has 1 rings (SSSR count). The first-order valence-corrected chi connectivity index (χ1v) is 6.85. The lowest BCUT2D eigenvalue weighted by Gasteiger charge is -2.22. The third kappa shape index (κ3) is 4.17. The van der Waals surface area contributed by atoms with Gasteiger partial charge < -0.3 is 10.6 Å². The maximum absolute atomic E-state index is 12.3. The van der Waals surface area contributed by atoms with E-state index in [-0.39, 0.29) is 0 Å². The van der Waals surface area contributed by atoms with Crippen LogP contribution in [0.15, 0.2) is 0 Å². The predicted molar refractivity (Wildman–Crippen MR) is 75.3 cm³/mol. The number of rotatable bonds is 5. The summed E-state index contributed by atoms with van der Waals surface area (Å²) < 4.78 is 0. The monoisotopic (exact) mass is 298 g/mol. The van der Waals surface area contributed by atoms with Gasteiger partial charge in [-0.1, -0.05) is 13.8 Å². The molecule has 1 heterocycles. The fourth-order valence-electron chi connectivity index (χ4n) is 2.01. The summed E-state index contributed by atoms with van der Waals surface area (Å²) in [5.74, 6) is -0.761. The van der Waals surface area contributed by atoms with E-state index in [9.17, 15) is 19.2 Å². The zero-order valence-corrected chi connectivity index (χ0v) is 12.8. The van der Waals surface area contributed by atoms with Crippen molar-refractivity contribution >= 4 is 23.9 Å². The maximum Gasteiger partial charge on any atom is 0.325 e. The zero-order chi connectivity index (χ0) is 16.2. The van der Waals surface area contributed by atoms with E-state index >= 15 is 0 Å². The van der Waals surface area contributed by atoms with Gasteiger partial charge in [0.2, 0.25) is 5.91 Å². The molecule has 0 aromatic carbocycles. The van der Waals surface area contributed by atoms with Crippen molar-refractivity contribution in [3.05, 3.63) is 0 Å². The van der Waals surface area contributed by atoms with E-state index in [0.717, 1.165) is 11.3 Å². The molecule has 1 saturated heterocycles. The lowest BCUT2D eigenvalue weighted by atomic mass is 9.92. The van der Waals surface area contributed by atoms with Gasteiger partial charge in [-0.3, -0.25) is 19.8 Å². The second kappa shape index (κ2) is 6.55. The largest absolute Gasteiger partial charge is 0.341 e. The Bertz CT molecular complexity index is 463. The summed E-state index contributed by atoms with van der Waals surface area (Å²) in [5.41, 5.74) is -0.991.